The Morgan fingerprint density at radius 1 is 1.07 bits per heavy atom. The van der Waals surface area contributed by atoms with Gasteiger partial charge in [-0.2, -0.15) is 0 Å². The molecule has 1 aromatic heterocycles. The number of ketones is 1. The van der Waals surface area contributed by atoms with Crippen molar-refractivity contribution in [1.82, 2.24) is 4.98 Å². The number of H-pyrrole nitrogens is 1. The van der Waals surface area contributed by atoms with E-state index in [0.29, 0.717) is 29.8 Å². The van der Waals surface area contributed by atoms with Crippen LogP contribution in [0.4, 0.5) is 5.69 Å². The molecule has 1 amide bonds. The molecule has 0 unspecified atom stereocenters. The maximum absolute atomic E-state index is 12.8. The van der Waals surface area contributed by atoms with Crippen LogP contribution in [0.15, 0.2) is 59.4 Å². The largest absolute Gasteiger partial charge is 0.497 e. The summed E-state index contributed by atoms with van der Waals surface area (Å²) in [5.41, 5.74) is 2.95. The third-order valence-corrected chi connectivity index (χ3v) is 5.53. The van der Waals surface area contributed by atoms with Gasteiger partial charge >= 0.3 is 0 Å². The molecule has 0 saturated heterocycles. The molecule has 1 atom stereocenters. The predicted molar refractivity (Wildman–Crippen MR) is 115 cm³/mol. The molecule has 0 fully saturated rings. The smallest absolute Gasteiger partial charge is 0.261 e. The van der Waals surface area contributed by atoms with Crippen LogP contribution < -0.4 is 15.6 Å². The number of methoxy groups -OCH3 is 1. The molecule has 2 aromatic carbocycles. The molecule has 6 nitrogen and oxygen atoms in total. The van der Waals surface area contributed by atoms with Crippen molar-refractivity contribution in [1.29, 1.82) is 0 Å². The van der Waals surface area contributed by atoms with E-state index in [1.54, 1.807) is 13.2 Å². The number of amides is 1. The summed E-state index contributed by atoms with van der Waals surface area (Å²) in [6, 6.07) is 16.3. The lowest BCUT2D eigenvalue weighted by atomic mass is 9.81. The van der Waals surface area contributed by atoms with Crippen molar-refractivity contribution >= 4 is 17.4 Å². The summed E-state index contributed by atoms with van der Waals surface area (Å²) >= 11 is 0. The molecule has 4 rings (SSSR count). The highest BCUT2D eigenvalue weighted by Gasteiger charge is 2.29. The van der Waals surface area contributed by atoms with Gasteiger partial charge < -0.3 is 15.0 Å². The lowest BCUT2D eigenvalue weighted by Gasteiger charge is -2.24. The quantitative estimate of drug-likeness (QED) is 0.694. The number of rotatable bonds is 4. The number of ether oxygens (including phenoxy) is 1. The van der Waals surface area contributed by atoms with E-state index in [0.717, 1.165) is 16.9 Å². The Hall–Kier alpha value is -3.67. The first-order valence-corrected chi connectivity index (χ1v) is 9.76. The summed E-state index contributed by atoms with van der Waals surface area (Å²) in [7, 11) is 1.60. The lowest BCUT2D eigenvalue weighted by Crippen LogP contribution is -2.29. The van der Waals surface area contributed by atoms with Gasteiger partial charge in [0.25, 0.3) is 11.5 Å². The molecule has 3 aromatic rings. The van der Waals surface area contributed by atoms with Crippen molar-refractivity contribution in [2.24, 2.45) is 0 Å². The zero-order valence-electron chi connectivity index (χ0n) is 16.8. The van der Waals surface area contributed by atoms with Crippen LogP contribution in [0, 0.1) is 6.92 Å². The molecule has 0 saturated carbocycles. The molecule has 30 heavy (non-hydrogen) atoms. The number of fused-ring (bicyclic) bond motifs is 1. The summed E-state index contributed by atoms with van der Waals surface area (Å²) in [5.74, 6) is 0.105. The van der Waals surface area contributed by atoms with Gasteiger partial charge in [-0.1, -0.05) is 30.3 Å². The van der Waals surface area contributed by atoms with Crippen molar-refractivity contribution < 1.29 is 14.3 Å². The Morgan fingerprint density at radius 2 is 1.80 bits per heavy atom. The van der Waals surface area contributed by atoms with Crippen molar-refractivity contribution in [2.45, 2.75) is 25.7 Å². The van der Waals surface area contributed by atoms with Gasteiger partial charge in [0, 0.05) is 23.4 Å². The summed E-state index contributed by atoms with van der Waals surface area (Å²) in [5, 5.41) is 2.75. The van der Waals surface area contributed by atoms with Gasteiger partial charge in [-0.05, 0) is 54.7 Å². The number of pyridine rings is 1. The number of hydrogen-bond acceptors (Lipinski definition) is 4. The number of carbonyl (C=O) groups is 2. The number of aromatic nitrogens is 1. The van der Waals surface area contributed by atoms with Crippen LogP contribution in [0.3, 0.4) is 0 Å². The second-order valence-electron chi connectivity index (χ2n) is 7.47. The van der Waals surface area contributed by atoms with Gasteiger partial charge in [-0.25, -0.2) is 0 Å². The van der Waals surface area contributed by atoms with Crippen molar-refractivity contribution in [3.63, 3.8) is 0 Å². The number of para-hydroxylation sites is 1. The second-order valence-corrected chi connectivity index (χ2v) is 7.47. The number of benzene rings is 2. The fourth-order valence-electron chi connectivity index (χ4n) is 3.81. The first-order valence-electron chi connectivity index (χ1n) is 9.76. The monoisotopic (exact) mass is 402 g/mol. The van der Waals surface area contributed by atoms with Crippen LogP contribution in [-0.2, 0) is 6.42 Å². The summed E-state index contributed by atoms with van der Waals surface area (Å²) in [4.78, 5) is 40.8. The minimum atomic E-state index is -0.529. The highest BCUT2D eigenvalue weighted by atomic mass is 16.5. The average Bonchev–Trinajstić information content (AvgIpc) is 2.74. The first kappa shape index (κ1) is 19.6. The lowest BCUT2D eigenvalue weighted by molar-refractivity contribution is 0.0963. The number of Topliss-reactive ketones (excluding diaryl/α,β-unsaturated/α-hetero) is 1. The molecule has 1 aliphatic rings. The third kappa shape index (κ3) is 3.76. The fourth-order valence-corrected chi connectivity index (χ4v) is 3.81. The minimum absolute atomic E-state index is 0.0294. The van der Waals surface area contributed by atoms with E-state index in [9.17, 15) is 14.4 Å². The molecular weight excluding hydrogens is 380 g/mol. The van der Waals surface area contributed by atoms with E-state index >= 15 is 0 Å². The van der Waals surface area contributed by atoms with Crippen molar-refractivity contribution in [3.05, 3.63) is 92.9 Å². The van der Waals surface area contributed by atoms with Gasteiger partial charge in [0.2, 0.25) is 0 Å². The Morgan fingerprint density at radius 3 is 2.50 bits per heavy atom. The van der Waals surface area contributed by atoms with E-state index in [-0.39, 0.29) is 17.3 Å². The Balaban J connectivity index is 1.61. The average molecular weight is 402 g/mol. The van der Waals surface area contributed by atoms with Crippen LogP contribution in [0.25, 0.3) is 0 Å². The number of hydrogen-bond donors (Lipinski definition) is 2. The number of aryl methyl sites for hydroxylation is 1. The molecule has 6 heteroatoms. The van der Waals surface area contributed by atoms with E-state index in [1.807, 2.05) is 49.4 Å². The van der Waals surface area contributed by atoms with Crippen LogP contribution in [0.5, 0.6) is 5.75 Å². The molecule has 0 radical (unpaired) electrons. The summed E-state index contributed by atoms with van der Waals surface area (Å²) in [6.45, 7) is 1.87. The Bertz CT molecular complexity index is 1180. The van der Waals surface area contributed by atoms with Gasteiger partial charge in [0.15, 0.2) is 5.78 Å². The van der Waals surface area contributed by atoms with E-state index < -0.39 is 11.5 Å². The van der Waals surface area contributed by atoms with Crippen LogP contribution in [-0.4, -0.2) is 23.8 Å². The van der Waals surface area contributed by atoms with Crippen LogP contribution in [0.2, 0.25) is 0 Å². The maximum Gasteiger partial charge on any atom is 0.261 e. The molecule has 0 bridgehead atoms. The topological polar surface area (TPSA) is 88.3 Å². The Kier molecular flexibility index (Phi) is 5.23. The SMILES string of the molecule is COc1ccc([C@@H]2CC(=O)c3cc(C(=O)Nc4ccccc4C)c(=O)[nH]c3C2)cc1. The molecule has 2 N–H and O–H groups in total. The van der Waals surface area contributed by atoms with Crippen molar-refractivity contribution in [3.8, 4) is 5.75 Å². The summed E-state index contributed by atoms with van der Waals surface area (Å²) in [6.07, 6.45) is 0.854. The normalized spacial score (nSPS) is 15.4. The molecule has 0 spiro atoms. The van der Waals surface area contributed by atoms with E-state index in [2.05, 4.69) is 10.3 Å². The molecule has 152 valence electrons. The number of nitrogens with one attached hydrogen (secondary N) is 2. The predicted octanol–water partition coefficient (Wildman–Crippen LogP) is 3.86. The van der Waals surface area contributed by atoms with E-state index in [4.69, 9.17) is 4.74 Å². The summed E-state index contributed by atoms with van der Waals surface area (Å²) < 4.78 is 5.18. The maximum atomic E-state index is 12.8. The first-order chi connectivity index (χ1) is 14.5. The number of aromatic amines is 1. The molecule has 1 aliphatic carbocycles. The zero-order chi connectivity index (χ0) is 21.3. The van der Waals surface area contributed by atoms with Crippen LogP contribution in [0.1, 0.15) is 49.9 Å². The van der Waals surface area contributed by atoms with Crippen LogP contribution >= 0.6 is 0 Å². The standard InChI is InChI=1S/C24H22N2O4/c1-14-5-3-4-6-20(14)25-23(28)19-13-18-21(26-24(19)29)11-16(12-22(18)27)15-7-9-17(30-2)10-8-15/h3-10,13,16H,11-12H2,1-2H3,(H,25,28)(H,26,29)/t16-/m0/s1. The van der Waals surface area contributed by atoms with Gasteiger partial charge in [0.05, 0.1) is 7.11 Å². The molecule has 1 heterocycles. The van der Waals surface area contributed by atoms with Gasteiger partial charge in [-0.3, -0.25) is 14.4 Å². The van der Waals surface area contributed by atoms with E-state index in [1.165, 1.54) is 6.07 Å². The van der Waals surface area contributed by atoms with Gasteiger partial charge in [0.1, 0.15) is 11.3 Å². The fraction of sp³-hybridized carbons (Fsp3) is 0.208. The minimum Gasteiger partial charge on any atom is -0.497 e. The highest BCUT2D eigenvalue weighted by molar-refractivity contribution is 6.07. The molecular formula is C24H22N2O4. The Labute approximate surface area is 173 Å². The number of anilines is 1. The second kappa shape index (κ2) is 7.99. The molecule has 0 aliphatic heterocycles. The van der Waals surface area contributed by atoms with Gasteiger partial charge in [-0.15, -0.1) is 0 Å². The zero-order valence-corrected chi connectivity index (χ0v) is 16.8. The highest BCUT2D eigenvalue weighted by Crippen LogP contribution is 2.32. The third-order valence-electron chi connectivity index (χ3n) is 5.53. The van der Waals surface area contributed by atoms with Crippen molar-refractivity contribution in [2.75, 3.05) is 12.4 Å². The number of carbonyl (C=O) groups excluding carboxylic acids is 2.